The number of ether oxygens (including phenoxy) is 1. The van der Waals surface area contributed by atoms with Gasteiger partial charge in [0.25, 0.3) is 11.8 Å². The molecule has 0 aliphatic rings. The number of amides is 1. The third-order valence-electron chi connectivity index (χ3n) is 3.48. The molecule has 0 unspecified atom stereocenters. The van der Waals surface area contributed by atoms with Crippen molar-refractivity contribution in [2.24, 2.45) is 7.05 Å². The van der Waals surface area contributed by atoms with Crippen molar-refractivity contribution in [3.8, 4) is 11.8 Å². The summed E-state index contributed by atoms with van der Waals surface area (Å²) in [5.41, 5.74) is -1.48. The number of aromatic nitrogens is 3. The van der Waals surface area contributed by atoms with Crippen molar-refractivity contribution in [1.82, 2.24) is 14.8 Å². The first-order valence-electron chi connectivity index (χ1n) is 7.64. The maximum Gasteiger partial charge on any atom is 0.416 e. The summed E-state index contributed by atoms with van der Waals surface area (Å²) in [5.74, 6) is -3.46. The molecule has 146 valence electrons. The van der Waals surface area contributed by atoms with Crippen molar-refractivity contribution >= 4 is 11.6 Å². The molecule has 0 bridgehead atoms. The number of nitrogens with one attached hydrogen (secondary N) is 1. The van der Waals surface area contributed by atoms with Gasteiger partial charge in [0.15, 0.2) is 0 Å². The van der Waals surface area contributed by atoms with Gasteiger partial charge in [0, 0.05) is 31.6 Å². The van der Waals surface area contributed by atoms with Crippen molar-refractivity contribution in [3.05, 3.63) is 65.5 Å². The smallest absolute Gasteiger partial charge is 0.416 e. The summed E-state index contributed by atoms with van der Waals surface area (Å²) in [6.45, 7) is 0. The van der Waals surface area contributed by atoms with Crippen LogP contribution in [0.15, 0.2) is 42.7 Å². The number of carbonyl (C=O) groups excluding carboxylic acids is 1. The minimum atomic E-state index is -4.61. The van der Waals surface area contributed by atoms with Crippen molar-refractivity contribution in [2.45, 2.75) is 6.18 Å². The van der Waals surface area contributed by atoms with E-state index in [-0.39, 0.29) is 17.1 Å². The highest BCUT2D eigenvalue weighted by molar-refractivity contribution is 6.05. The second-order valence-corrected chi connectivity index (χ2v) is 5.58. The zero-order valence-electron chi connectivity index (χ0n) is 14.1. The van der Waals surface area contributed by atoms with Gasteiger partial charge in [0.2, 0.25) is 5.88 Å². The highest BCUT2D eigenvalue weighted by Crippen LogP contribution is 2.32. The minimum absolute atomic E-state index is 0.189. The predicted octanol–water partition coefficient (Wildman–Crippen LogP) is 4.16. The van der Waals surface area contributed by atoms with Crippen LogP contribution < -0.4 is 10.1 Å². The van der Waals surface area contributed by atoms with Crippen LogP contribution in [-0.4, -0.2) is 20.7 Å². The van der Waals surface area contributed by atoms with E-state index in [1.54, 1.807) is 0 Å². The molecule has 0 fully saturated rings. The number of benzene rings is 1. The van der Waals surface area contributed by atoms with E-state index in [1.165, 1.54) is 17.9 Å². The largest absolute Gasteiger partial charge is 0.418 e. The Morgan fingerprint density at radius 3 is 2.61 bits per heavy atom. The molecule has 3 rings (SSSR count). The van der Waals surface area contributed by atoms with Crippen molar-refractivity contribution < 1.29 is 31.5 Å². The molecule has 6 nitrogen and oxygen atoms in total. The molecule has 1 aromatic carbocycles. The quantitative estimate of drug-likeness (QED) is 0.671. The van der Waals surface area contributed by atoms with Crippen LogP contribution in [0.25, 0.3) is 0 Å². The van der Waals surface area contributed by atoms with Gasteiger partial charge in [0.05, 0.1) is 11.3 Å². The standard InChI is InChI=1S/C17H11F5N4O2/c1-26-8-11(15(27)24-13-3-2-10(18)7-12(13)19)16(25-26)28-14-6-9(4-5-23-14)17(20,21)22/h2-8H,1H3,(H,24,27). The number of aryl methyl sites for hydroxylation is 1. The summed E-state index contributed by atoms with van der Waals surface area (Å²) in [4.78, 5) is 16.1. The Hall–Kier alpha value is -3.50. The molecule has 3 aromatic rings. The van der Waals surface area contributed by atoms with Gasteiger partial charge in [-0.05, 0) is 18.2 Å². The van der Waals surface area contributed by atoms with Crippen LogP contribution in [0.4, 0.5) is 27.6 Å². The lowest BCUT2D eigenvalue weighted by Gasteiger charge is -2.09. The molecular formula is C17H11F5N4O2. The molecule has 2 aromatic heterocycles. The number of halogens is 5. The lowest BCUT2D eigenvalue weighted by Crippen LogP contribution is -2.13. The summed E-state index contributed by atoms with van der Waals surface area (Å²) >= 11 is 0. The average molecular weight is 398 g/mol. The van der Waals surface area contributed by atoms with Crippen LogP contribution in [0.3, 0.4) is 0 Å². The zero-order valence-corrected chi connectivity index (χ0v) is 14.1. The topological polar surface area (TPSA) is 69.0 Å². The van der Waals surface area contributed by atoms with E-state index in [9.17, 15) is 26.7 Å². The van der Waals surface area contributed by atoms with E-state index >= 15 is 0 Å². The van der Waals surface area contributed by atoms with Crippen LogP contribution in [0.1, 0.15) is 15.9 Å². The van der Waals surface area contributed by atoms with Crippen molar-refractivity contribution in [3.63, 3.8) is 0 Å². The number of hydrogen-bond donors (Lipinski definition) is 1. The molecule has 1 amide bonds. The summed E-state index contributed by atoms with van der Waals surface area (Å²) in [5, 5.41) is 6.07. The van der Waals surface area contributed by atoms with E-state index < -0.39 is 35.2 Å². The molecule has 0 aliphatic heterocycles. The summed E-state index contributed by atoms with van der Waals surface area (Å²) < 4.78 is 71.5. The van der Waals surface area contributed by atoms with Gasteiger partial charge in [-0.1, -0.05) is 0 Å². The summed E-state index contributed by atoms with van der Waals surface area (Å²) in [6, 6.07) is 3.97. The van der Waals surface area contributed by atoms with Crippen LogP contribution in [0, 0.1) is 11.6 Å². The number of anilines is 1. The number of rotatable bonds is 4. The number of carbonyl (C=O) groups is 1. The van der Waals surface area contributed by atoms with Gasteiger partial charge < -0.3 is 10.1 Å². The first kappa shape index (κ1) is 19.3. The van der Waals surface area contributed by atoms with Gasteiger partial charge in [-0.25, -0.2) is 13.8 Å². The zero-order chi connectivity index (χ0) is 20.5. The van der Waals surface area contributed by atoms with E-state index in [2.05, 4.69) is 15.4 Å². The summed E-state index contributed by atoms with van der Waals surface area (Å²) in [6.07, 6.45) is -2.49. The number of alkyl halides is 3. The Labute approximate surface area is 154 Å². The number of pyridine rings is 1. The van der Waals surface area contributed by atoms with Crippen LogP contribution in [-0.2, 0) is 13.2 Å². The SMILES string of the molecule is Cn1cc(C(=O)Nc2ccc(F)cc2F)c(Oc2cc(C(F)(F)F)ccn2)n1. The first-order valence-corrected chi connectivity index (χ1v) is 7.64. The maximum atomic E-state index is 13.7. The van der Waals surface area contributed by atoms with E-state index in [1.807, 2.05) is 0 Å². The van der Waals surface area contributed by atoms with E-state index in [4.69, 9.17) is 4.74 Å². The molecule has 0 aliphatic carbocycles. The molecular weight excluding hydrogens is 387 g/mol. The maximum absolute atomic E-state index is 13.7. The lowest BCUT2D eigenvalue weighted by atomic mass is 10.2. The molecule has 0 saturated heterocycles. The lowest BCUT2D eigenvalue weighted by molar-refractivity contribution is -0.137. The third-order valence-corrected chi connectivity index (χ3v) is 3.48. The van der Waals surface area contributed by atoms with Crippen LogP contribution >= 0.6 is 0 Å². The Bertz CT molecular complexity index is 1030. The molecule has 2 heterocycles. The van der Waals surface area contributed by atoms with Crippen molar-refractivity contribution in [2.75, 3.05) is 5.32 Å². The normalized spacial score (nSPS) is 11.4. The predicted molar refractivity (Wildman–Crippen MR) is 86.8 cm³/mol. The van der Waals surface area contributed by atoms with Gasteiger partial charge in [-0.2, -0.15) is 13.2 Å². The monoisotopic (exact) mass is 398 g/mol. The molecule has 28 heavy (non-hydrogen) atoms. The highest BCUT2D eigenvalue weighted by atomic mass is 19.4. The Kier molecular flexibility index (Phi) is 4.99. The van der Waals surface area contributed by atoms with Crippen LogP contribution in [0.2, 0.25) is 0 Å². The second kappa shape index (κ2) is 7.25. The molecule has 0 radical (unpaired) electrons. The van der Waals surface area contributed by atoms with Gasteiger partial charge in [0.1, 0.15) is 17.2 Å². The Morgan fingerprint density at radius 2 is 1.93 bits per heavy atom. The number of nitrogens with zero attached hydrogens (tertiary/aromatic N) is 3. The van der Waals surface area contributed by atoms with E-state index in [0.717, 1.165) is 24.4 Å². The molecule has 0 spiro atoms. The molecule has 1 N–H and O–H groups in total. The number of hydrogen-bond acceptors (Lipinski definition) is 4. The first-order chi connectivity index (χ1) is 13.1. The van der Waals surface area contributed by atoms with Gasteiger partial charge in [-0.3, -0.25) is 9.48 Å². The average Bonchev–Trinajstić information content (AvgIpc) is 2.97. The highest BCUT2D eigenvalue weighted by Gasteiger charge is 2.31. The van der Waals surface area contributed by atoms with Gasteiger partial charge >= 0.3 is 6.18 Å². The fourth-order valence-electron chi connectivity index (χ4n) is 2.22. The molecule has 11 heteroatoms. The van der Waals surface area contributed by atoms with Crippen molar-refractivity contribution in [1.29, 1.82) is 0 Å². The van der Waals surface area contributed by atoms with Gasteiger partial charge in [-0.15, -0.1) is 5.10 Å². The fraction of sp³-hybridized carbons (Fsp3) is 0.118. The Morgan fingerprint density at radius 1 is 1.18 bits per heavy atom. The van der Waals surface area contributed by atoms with Crippen LogP contribution in [0.5, 0.6) is 11.8 Å². The van der Waals surface area contributed by atoms with E-state index in [0.29, 0.717) is 12.1 Å². The minimum Gasteiger partial charge on any atom is -0.418 e. The molecule has 0 saturated carbocycles. The third kappa shape index (κ3) is 4.24. The summed E-state index contributed by atoms with van der Waals surface area (Å²) in [7, 11) is 1.45. The molecule has 0 atom stereocenters. The Balaban J connectivity index is 1.86. The fourth-order valence-corrected chi connectivity index (χ4v) is 2.22. The second-order valence-electron chi connectivity index (χ2n) is 5.58.